The molecule has 0 spiro atoms. The van der Waals surface area contributed by atoms with Gasteiger partial charge in [0.2, 0.25) is 0 Å². The Bertz CT molecular complexity index is 515. The van der Waals surface area contributed by atoms with E-state index in [4.69, 9.17) is 5.73 Å². The highest BCUT2D eigenvalue weighted by Crippen LogP contribution is 2.21. The molecule has 0 heterocycles. The van der Waals surface area contributed by atoms with Gasteiger partial charge in [0.1, 0.15) is 0 Å². The second kappa shape index (κ2) is 6.69. The van der Waals surface area contributed by atoms with Crippen molar-refractivity contribution in [3.8, 4) is 0 Å². The fraction of sp³-hybridized carbons (Fsp3) is 0.333. The predicted molar refractivity (Wildman–Crippen MR) is 85.5 cm³/mol. The maximum absolute atomic E-state index is 5.61. The second-order valence-corrected chi connectivity index (χ2v) is 5.87. The fourth-order valence-electron chi connectivity index (χ4n) is 2.30. The van der Waals surface area contributed by atoms with Crippen molar-refractivity contribution in [3.05, 3.63) is 71.3 Å². The average molecular weight is 268 g/mol. The van der Waals surface area contributed by atoms with Gasteiger partial charge in [-0.1, -0.05) is 68.4 Å². The molecule has 0 saturated carbocycles. The molecule has 0 fully saturated rings. The molecule has 0 radical (unpaired) electrons. The molecule has 2 rings (SSSR count). The maximum atomic E-state index is 5.61. The van der Waals surface area contributed by atoms with Crippen molar-refractivity contribution < 1.29 is 0 Å². The summed E-state index contributed by atoms with van der Waals surface area (Å²) < 4.78 is 0. The van der Waals surface area contributed by atoms with E-state index in [1.54, 1.807) is 0 Å². The van der Waals surface area contributed by atoms with Gasteiger partial charge in [0.25, 0.3) is 0 Å². The smallest absolute Gasteiger partial charge is 0.0205 e. The van der Waals surface area contributed by atoms with Crippen molar-refractivity contribution in [2.45, 2.75) is 32.4 Å². The summed E-state index contributed by atoms with van der Waals surface area (Å²) in [6.07, 6.45) is 0. The largest absolute Gasteiger partial charge is 0.326 e. The summed E-state index contributed by atoms with van der Waals surface area (Å²) >= 11 is 0. The molecule has 0 saturated heterocycles. The van der Waals surface area contributed by atoms with Gasteiger partial charge in [-0.2, -0.15) is 0 Å². The van der Waals surface area contributed by atoms with Crippen molar-refractivity contribution in [3.63, 3.8) is 0 Å². The highest BCUT2D eigenvalue weighted by molar-refractivity contribution is 5.25. The van der Waals surface area contributed by atoms with E-state index in [0.717, 1.165) is 13.1 Å². The van der Waals surface area contributed by atoms with Gasteiger partial charge in [-0.05, 0) is 16.7 Å². The lowest BCUT2D eigenvalue weighted by Gasteiger charge is -2.25. The zero-order valence-electron chi connectivity index (χ0n) is 12.4. The van der Waals surface area contributed by atoms with Crippen LogP contribution in [-0.2, 0) is 18.5 Å². The van der Waals surface area contributed by atoms with Crippen LogP contribution in [0.25, 0.3) is 0 Å². The summed E-state index contributed by atoms with van der Waals surface area (Å²) in [6, 6.07) is 19.1. The highest BCUT2D eigenvalue weighted by atomic mass is 14.9. The van der Waals surface area contributed by atoms with Crippen molar-refractivity contribution in [2.75, 3.05) is 6.54 Å². The summed E-state index contributed by atoms with van der Waals surface area (Å²) in [4.78, 5) is 0. The summed E-state index contributed by atoms with van der Waals surface area (Å²) in [6.45, 7) is 6.99. The zero-order valence-corrected chi connectivity index (χ0v) is 12.4. The van der Waals surface area contributed by atoms with Crippen LogP contribution in [0.15, 0.2) is 54.6 Å². The number of nitrogens with two attached hydrogens (primary N) is 1. The third kappa shape index (κ3) is 3.92. The first-order chi connectivity index (χ1) is 9.62. The standard InChI is InChI=1S/C18H24N2/c1-18(2,17-6-4-3-5-7-17)14-20-13-16-10-8-15(12-19)9-11-16/h3-11,20H,12-14,19H2,1-2H3. The van der Waals surface area contributed by atoms with E-state index < -0.39 is 0 Å². The van der Waals surface area contributed by atoms with E-state index in [2.05, 4.69) is 73.8 Å². The van der Waals surface area contributed by atoms with Gasteiger partial charge in [-0.15, -0.1) is 0 Å². The summed E-state index contributed by atoms with van der Waals surface area (Å²) in [5, 5.41) is 3.55. The third-order valence-electron chi connectivity index (χ3n) is 3.71. The fourth-order valence-corrected chi connectivity index (χ4v) is 2.30. The number of hydrogen-bond acceptors (Lipinski definition) is 2. The molecule has 0 atom stereocenters. The van der Waals surface area contributed by atoms with Crippen molar-refractivity contribution in [2.24, 2.45) is 5.73 Å². The minimum atomic E-state index is 0.137. The molecule has 0 aromatic heterocycles. The number of hydrogen-bond donors (Lipinski definition) is 2. The Hall–Kier alpha value is -1.64. The Morgan fingerprint density at radius 1 is 0.900 bits per heavy atom. The Labute approximate surface area is 122 Å². The van der Waals surface area contributed by atoms with Gasteiger partial charge in [-0.3, -0.25) is 0 Å². The summed E-state index contributed by atoms with van der Waals surface area (Å²) in [7, 11) is 0. The molecule has 0 bridgehead atoms. The van der Waals surface area contributed by atoms with Crippen LogP contribution in [0, 0.1) is 0 Å². The van der Waals surface area contributed by atoms with E-state index in [1.807, 2.05) is 0 Å². The minimum absolute atomic E-state index is 0.137. The molecule has 0 amide bonds. The van der Waals surface area contributed by atoms with Gasteiger partial charge < -0.3 is 11.1 Å². The van der Waals surface area contributed by atoms with Gasteiger partial charge in [0.05, 0.1) is 0 Å². The lowest BCUT2D eigenvalue weighted by atomic mass is 9.84. The van der Waals surface area contributed by atoms with E-state index in [0.29, 0.717) is 6.54 Å². The van der Waals surface area contributed by atoms with Crippen molar-refractivity contribution >= 4 is 0 Å². The minimum Gasteiger partial charge on any atom is -0.326 e. The van der Waals surface area contributed by atoms with Gasteiger partial charge in [0, 0.05) is 25.0 Å². The van der Waals surface area contributed by atoms with Crippen LogP contribution >= 0.6 is 0 Å². The van der Waals surface area contributed by atoms with Crippen LogP contribution in [0.5, 0.6) is 0 Å². The van der Waals surface area contributed by atoms with E-state index in [9.17, 15) is 0 Å². The van der Waals surface area contributed by atoms with E-state index in [-0.39, 0.29) is 5.41 Å². The first-order valence-corrected chi connectivity index (χ1v) is 7.16. The van der Waals surface area contributed by atoms with Crippen LogP contribution in [0.1, 0.15) is 30.5 Å². The summed E-state index contributed by atoms with van der Waals surface area (Å²) in [5.41, 5.74) is 9.59. The van der Waals surface area contributed by atoms with Gasteiger partial charge in [0.15, 0.2) is 0 Å². The first kappa shape index (κ1) is 14.8. The first-order valence-electron chi connectivity index (χ1n) is 7.16. The zero-order chi connectivity index (χ0) is 14.4. The average Bonchev–Trinajstić information content (AvgIpc) is 2.49. The molecule has 3 N–H and O–H groups in total. The second-order valence-electron chi connectivity index (χ2n) is 5.87. The Kier molecular flexibility index (Phi) is 4.94. The monoisotopic (exact) mass is 268 g/mol. The predicted octanol–water partition coefficient (Wildman–Crippen LogP) is 3.21. The molecule has 106 valence electrons. The van der Waals surface area contributed by atoms with Gasteiger partial charge in [-0.25, -0.2) is 0 Å². The molecule has 2 heteroatoms. The number of benzene rings is 2. The molecule has 0 unspecified atom stereocenters. The lowest BCUT2D eigenvalue weighted by Crippen LogP contribution is -2.32. The molecule has 2 aromatic rings. The molecule has 0 aliphatic rings. The lowest BCUT2D eigenvalue weighted by molar-refractivity contribution is 0.469. The Morgan fingerprint density at radius 3 is 2.10 bits per heavy atom. The van der Waals surface area contributed by atoms with Crippen LogP contribution in [-0.4, -0.2) is 6.54 Å². The van der Waals surface area contributed by atoms with E-state index in [1.165, 1.54) is 16.7 Å². The van der Waals surface area contributed by atoms with Crippen LogP contribution in [0.2, 0.25) is 0 Å². The third-order valence-corrected chi connectivity index (χ3v) is 3.71. The Morgan fingerprint density at radius 2 is 1.50 bits per heavy atom. The molecule has 2 nitrogen and oxygen atoms in total. The van der Waals surface area contributed by atoms with Crippen molar-refractivity contribution in [1.82, 2.24) is 5.32 Å². The van der Waals surface area contributed by atoms with Crippen LogP contribution < -0.4 is 11.1 Å². The summed E-state index contributed by atoms with van der Waals surface area (Å²) in [5.74, 6) is 0. The van der Waals surface area contributed by atoms with Crippen molar-refractivity contribution in [1.29, 1.82) is 0 Å². The molecule has 0 aliphatic carbocycles. The molecular formula is C18H24N2. The van der Waals surface area contributed by atoms with Gasteiger partial charge >= 0.3 is 0 Å². The molecule has 20 heavy (non-hydrogen) atoms. The van der Waals surface area contributed by atoms with E-state index >= 15 is 0 Å². The number of rotatable bonds is 6. The van der Waals surface area contributed by atoms with Crippen LogP contribution in [0.4, 0.5) is 0 Å². The molecule has 2 aromatic carbocycles. The topological polar surface area (TPSA) is 38.0 Å². The highest BCUT2D eigenvalue weighted by Gasteiger charge is 2.19. The Balaban J connectivity index is 1.88. The number of nitrogens with one attached hydrogen (secondary N) is 1. The maximum Gasteiger partial charge on any atom is 0.0205 e. The van der Waals surface area contributed by atoms with Crippen LogP contribution in [0.3, 0.4) is 0 Å². The molecular weight excluding hydrogens is 244 g/mol. The molecule has 0 aliphatic heterocycles. The normalized spacial score (nSPS) is 11.6. The SMILES string of the molecule is CC(C)(CNCc1ccc(CN)cc1)c1ccccc1. The quantitative estimate of drug-likeness (QED) is 0.844.